The quantitative estimate of drug-likeness (QED) is 0.865. The van der Waals surface area contributed by atoms with E-state index in [4.69, 9.17) is 4.74 Å². The Labute approximate surface area is 128 Å². The fourth-order valence-electron chi connectivity index (χ4n) is 4.46. The zero-order valence-electron chi connectivity index (χ0n) is 13.4. The summed E-state index contributed by atoms with van der Waals surface area (Å²) < 4.78 is 5.61. The molecule has 2 saturated carbocycles. The molecule has 3 rings (SSSR count). The molecule has 120 valence electrons. The molecule has 0 bridgehead atoms. The maximum atomic E-state index is 12.8. The van der Waals surface area contributed by atoms with Gasteiger partial charge < -0.3 is 15.0 Å². The van der Waals surface area contributed by atoms with Crippen LogP contribution < -0.4 is 5.32 Å². The highest BCUT2D eigenvalue weighted by Gasteiger charge is 2.43. The summed E-state index contributed by atoms with van der Waals surface area (Å²) in [6.07, 6.45) is 9.60. The van der Waals surface area contributed by atoms with E-state index in [1.165, 1.54) is 32.1 Å². The molecule has 0 unspecified atom stereocenters. The normalized spacial score (nSPS) is 32.0. The van der Waals surface area contributed by atoms with E-state index in [1.54, 1.807) is 0 Å². The van der Waals surface area contributed by atoms with Gasteiger partial charge in [0.25, 0.3) is 0 Å². The van der Waals surface area contributed by atoms with Crippen molar-refractivity contribution in [2.45, 2.75) is 69.9 Å². The van der Waals surface area contributed by atoms with E-state index in [-0.39, 0.29) is 5.54 Å². The van der Waals surface area contributed by atoms with Gasteiger partial charge in [-0.15, -0.1) is 0 Å². The SMILES string of the molecule is CCOC1CC(CC(=O)N2CCNCC23CCCCC3)C1. The molecule has 1 saturated heterocycles. The van der Waals surface area contributed by atoms with Crippen molar-refractivity contribution >= 4 is 5.91 Å². The van der Waals surface area contributed by atoms with Crippen LogP contribution in [0.1, 0.15) is 58.3 Å². The highest BCUT2D eigenvalue weighted by atomic mass is 16.5. The van der Waals surface area contributed by atoms with Gasteiger partial charge in [-0.3, -0.25) is 4.79 Å². The molecule has 0 aromatic heterocycles. The summed E-state index contributed by atoms with van der Waals surface area (Å²) in [5.41, 5.74) is 0.136. The van der Waals surface area contributed by atoms with Gasteiger partial charge in [-0.2, -0.15) is 0 Å². The zero-order valence-corrected chi connectivity index (χ0v) is 13.4. The first-order chi connectivity index (χ1) is 10.2. The lowest BCUT2D eigenvalue weighted by molar-refractivity contribution is -0.144. The van der Waals surface area contributed by atoms with E-state index in [9.17, 15) is 4.79 Å². The lowest BCUT2D eigenvalue weighted by Crippen LogP contribution is -2.64. The second-order valence-corrected chi connectivity index (χ2v) is 7.13. The Morgan fingerprint density at radius 1 is 1.29 bits per heavy atom. The van der Waals surface area contributed by atoms with Gasteiger partial charge in [0.05, 0.1) is 11.6 Å². The second-order valence-electron chi connectivity index (χ2n) is 7.13. The van der Waals surface area contributed by atoms with Crippen LogP contribution in [0.25, 0.3) is 0 Å². The first-order valence-electron chi connectivity index (χ1n) is 8.86. The number of ether oxygens (including phenoxy) is 1. The van der Waals surface area contributed by atoms with Gasteiger partial charge in [-0.05, 0) is 38.5 Å². The summed E-state index contributed by atoms with van der Waals surface area (Å²) in [6, 6.07) is 0. The Hall–Kier alpha value is -0.610. The highest BCUT2D eigenvalue weighted by molar-refractivity contribution is 5.77. The summed E-state index contributed by atoms with van der Waals surface area (Å²) in [7, 11) is 0. The van der Waals surface area contributed by atoms with Gasteiger partial charge in [-0.25, -0.2) is 0 Å². The average molecular weight is 294 g/mol. The Bertz CT molecular complexity index is 352. The summed E-state index contributed by atoms with van der Waals surface area (Å²) in [6.45, 7) is 5.71. The van der Waals surface area contributed by atoms with Crippen molar-refractivity contribution in [3.8, 4) is 0 Å². The van der Waals surface area contributed by atoms with Crippen molar-refractivity contribution in [1.29, 1.82) is 0 Å². The third kappa shape index (κ3) is 3.26. The summed E-state index contributed by atoms with van der Waals surface area (Å²) >= 11 is 0. The summed E-state index contributed by atoms with van der Waals surface area (Å²) in [5.74, 6) is 0.961. The number of hydrogen-bond donors (Lipinski definition) is 1. The molecule has 1 N–H and O–H groups in total. The Morgan fingerprint density at radius 3 is 2.76 bits per heavy atom. The molecule has 4 heteroatoms. The zero-order chi connectivity index (χ0) is 14.7. The second kappa shape index (κ2) is 6.66. The molecule has 3 fully saturated rings. The van der Waals surface area contributed by atoms with E-state index < -0.39 is 0 Å². The van der Waals surface area contributed by atoms with Crippen LogP contribution in [-0.4, -0.2) is 48.7 Å². The van der Waals surface area contributed by atoms with Crippen molar-refractivity contribution < 1.29 is 9.53 Å². The van der Waals surface area contributed by atoms with Crippen LogP contribution in [0.4, 0.5) is 0 Å². The standard InChI is InChI=1S/C17H30N2O2/c1-2-21-15-10-14(11-15)12-16(20)19-9-8-18-13-17(19)6-4-3-5-7-17/h14-15,18H,2-13H2,1H3. The number of nitrogens with one attached hydrogen (secondary N) is 1. The van der Waals surface area contributed by atoms with E-state index in [2.05, 4.69) is 10.2 Å². The lowest BCUT2D eigenvalue weighted by Gasteiger charge is -2.50. The molecule has 1 spiro atoms. The van der Waals surface area contributed by atoms with Crippen LogP contribution >= 0.6 is 0 Å². The van der Waals surface area contributed by atoms with E-state index >= 15 is 0 Å². The minimum atomic E-state index is 0.136. The maximum absolute atomic E-state index is 12.8. The summed E-state index contributed by atoms with van der Waals surface area (Å²) in [5, 5.41) is 3.52. The van der Waals surface area contributed by atoms with Gasteiger partial charge >= 0.3 is 0 Å². The minimum Gasteiger partial charge on any atom is -0.378 e. The van der Waals surface area contributed by atoms with Crippen molar-refractivity contribution in [3.63, 3.8) is 0 Å². The van der Waals surface area contributed by atoms with E-state index in [1.807, 2.05) is 6.92 Å². The first kappa shape index (κ1) is 15.3. The molecular formula is C17H30N2O2. The highest BCUT2D eigenvalue weighted by Crippen LogP contribution is 2.38. The predicted octanol–water partition coefficient (Wildman–Crippen LogP) is 2.33. The molecule has 0 atom stereocenters. The van der Waals surface area contributed by atoms with Crippen LogP contribution in [0, 0.1) is 5.92 Å². The number of amides is 1. The molecule has 1 amide bonds. The third-order valence-electron chi connectivity index (χ3n) is 5.68. The van der Waals surface area contributed by atoms with Crippen LogP contribution in [0.2, 0.25) is 0 Å². The van der Waals surface area contributed by atoms with Crippen molar-refractivity contribution in [2.24, 2.45) is 5.92 Å². The fraction of sp³-hybridized carbons (Fsp3) is 0.941. The minimum absolute atomic E-state index is 0.136. The van der Waals surface area contributed by atoms with Gasteiger partial charge in [0.15, 0.2) is 0 Å². The lowest BCUT2D eigenvalue weighted by atomic mass is 9.77. The molecule has 3 aliphatic rings. The molecule has 0 aromatic rings. The van der Waals surface area contributed by atoms with Gasteiger partial charge in [-0.1, -0.05) is 19.3 Å². The number of rotatable bonds is 4. The number of carbonyl (C=O) groups excluding carboxylic acids is 1. The molecule has 0 radical (unpaired) electrons. The number of nitrogens with zero attached hydrogens (tertiary/aromatic N) is 1. The van der Waals surface area contributed by atoms with Crippen LogP contribution in [0.15, 0.2) is 0 Å². The van der Waals surface area contributed by atoms with Crippen molar-refractivity contribution in [1.82, 2.24) is 10.2 Å². The summed E-state index contributed by atoms with van der Waals surface area (Å²) in [4.78, 5) is 15.0. The average Bonchev–Trinajstić information content (AvgIpc) is 2.46. The van der Waals surface area contributed by atoms with Crippen molar-refractivity contribution in [2.75, 3.05) is 26.2 Å². The van der Waals surface area contributed by atoms with E-state index in [0.29, 0.717) is 17.9 Å². The Balaban J connectivity index is 1.55. The largest absolute Gasteiger partial charge is 0.378 e. The monoisotopic (exact) mass is 294 g/mol. The number of hydrogen-bond acceptors (Lipinski definition) is 3. The maximum Gasteiger partial charge on any atom is 0.223 e. The fourth-order valence-corrected chi connectivity index (χ4v) is 4.46. The smallest absolute Gasteiger partial charge is 0.223 e. The molecule has 2 aliphatic carbocycles. The van der Waals surface area contributed by atoms with Crippen molar-refractivity contribution in [3.05, 3.63) is 0 Å². The molecular weight excluding hydrogens is 264 g/mol. The first-order valence-corrected chi connectivity index (χ1v) is 8.86. The Kier molecular flexibility index (Phi) is 4.85. The van der Waals surface area contributed by atoms with Crippen LogP contribution in [0.5, 0.6) is 0 Å². The van der Waals surface area contributed by atoms with Crippen LogP contribution in [0.3, 0.4) is 0 Å². The molecule has 0 aromatic carbocycles. The predicted molar refractivity (Wildman–Crippen MR) is 83.2 cm³/mol. The van der Waals surface area contributed by atoms with E-state index in [0.717, 1.165) is 45.5 Å². The third-order valence-corrected chi connectivity index (χ3v) is 5.68. The molecule has 21 heavy (non-hydrogen) atoms. The van der Waals surface area contributed by atoms with Gasteiger partial charge in [0.2, 0.25) is 5.91 Å². The Morgan fingerprint density at radius 2 is 2.05 bits per heavy atom. The van der Waals surface area contributed by atoms with Gasteiger partial charge in [0.1, 0.15) is 0 Å². The number of carbonyl (C=O) groups is 1. The topological polar surface area (TPSA) is 41.6 Å². The molecule has 1 aliphatic heterocycles. The number of piperazine rings is 1. The van der Waals surface area contributed by atoms with Crippen LogP contribution in [-0.2, 0) is 9.53 Å². The molecule has 4 nitrogen and oxygen atoms in total. The molecule has 1 heterocycles. The van der Waals surface area contributed by atoms with Gasteiger partial charge in [0, 0.05) is 32.7 Å².